The van der Waals surface area contributed by atoms with Gasteiger partial charge in [-0.25, -0.2) is 4.39 Å². The summed E-state index contributed by atoms with van der Waals surface area (Å²) in [6.07, 6.45) is 5.11. The van der Waals surface area contributed by atoms with E-state index in [9.17, 15) is 4.39 Å². The molecule has 0 amide bonds. The second kappa shape index (κ2) is 6.59. The van der Waals surface area contributed by atoms with Crippen molar-refractivity contribution in [2.75, 3.05) is 6.54 Å². The summed E-state index contributed by atoms with van der Waals surface area (Å²) in [6, 6.07) is 4.47. The molecule has 0 spiro atoms. The average Bonchev–Trinajstić information content (AvgIpc) is 2.20. The quantitative estimate of drug-likeness (QED) is 0.600. The Labute approximate surface area is 95.0 Å². The second-order valence-electron chi connectivity index (χ2n) is 3.27. The van der Waals surface area contributed by atoms with E-state index in [4.69, 9.17) is 11.6 Å². The molecule has 0 saturated heterocycles. The lowest BCUT2D eigenvalue weighted by Crippen LogP contribution is -2.14. The fraction of sp³-hybridized carbons (Fsp3) is 0.333. The Morgan fingerprint density at radius 3 is 2.93 bits per heavy atom. The van der Waals surface area contributed by atoms with Gasteiger partial charge in [-0.2, -0.15) is 0 Å². The van der Waals surface area contributed by atoms with E-state index in [-0.39, 0.29) is 5.82 Å². The number of halogens is 2. The Morgan fingerprint density at radius 2 is 2.27 bits per heavy atom. The average molecular weight is 228 g/mol. The third kappa shape index (κ3) is 4.45. The molecule has 0 saturated carbocycles. The lowest BCUT2D eigenvalue weighted by molar-refractivity contribution is 0.625. The van der Waals surface area contributed by atoms with Crippen LogP contribution in [0, 0.1) is 5.82 Å². The van der Waals surface area contributed by atoms with Crippen LogP contribution < -0.4 is 5.32 Å². The molecule has 0 unspecified atom stereocenters. The van der Waals surface area contributed by atoms with Crippen molar-refractivity contribution < 1.29 is 4.39 Å². The summed E-state index contributed by atoms with van der Waals surface area (Å²) < 4.78 is 12.7. The van der Waals surface area contributed by atoms with E-state index in [0.717, 1.165) is 18.5 Å². The van der Waals surface area contributed by atoms with Gasteiger partial charge in [0.1, 0.15) is 5.82 Å². The van der Waals surface area contributed by atoms with Gasteiger partial charge >= 0.3 is 0 Å². The Balaban J connectivity index is 2.37. The van der Waals surface area contributed by atoms with Crippen LogP contribution in [0.3, 0.4) is 0 Å². The molecule has 0 atom stereocenters. The molecule has 0 fully saturated rings. The van der Waals surface area contributed by atoms with Crippen molar-refractivity contribution in [3.05, 3.63) is 46.8 Å². The summed E-state index contributed by atoms with van der Waals surface area (Å²) in [5.74, 6) is -0.294. The largest absolute Gasteiger partial charge is 0.312 e. The van der Waals surface area contributed by atoms with Crippen molar-refractivity contribution in [3.63, 3.8) is 0 Å². The maximum absolute atomic E-state index is 12.7. The minimum Gasteiger partial charge on any atom is -0.312 e. The molecule has 1 nitrogen and oxygen atoms in total. The van der Waals surface area contributed by atoms with E-state index in [1.165, 1.54) is 12.1 Å². The molecule has 15 heavy (non-hydrogen) atoms. The summed E-state index contributed by atoms with van der Waals surface area (Å²) in [7, 11) is 0. The second-order valence-corrected chi connectivity index (χ2v) is 3.68. The summed E-state index contributed by atoms with van der Waals surface area (Å²) >= 11 is 5.88. The Kier molecular flexibility index (Phi) is 5.37. The smallest absolute Gasteiger partial charge is 0.124 e. The first-order chi connectivity index (χ1) is 7.24. The first-order valence-electron chi connectivity index (χ1n) is 5.00. The molecule has 0 heterocycles. The van der Waals surface area contributed by atoms with Crippen molar-refractivity contribution in [2.24, 2.45) is 0 Å². The van der Waals surface area contributed by atoms with Crippen LogP contribution in [0.25, 0.3) is 0 Å². The lowest BCUT2D eigenvalue weighted by atomic mass is 10.2. The highest BCUT2D eigenvalue weighted by molar-refractivity contribution is 6.31. The minimum atomic E-state index is -0.294. The van der Waals surface area contributed by atoms with E-state index in [2.05, 4.69) is 11.4 Å². The fourth-order valence-corrected chi connectivity index (χ4v) is 1.47. The molecule has 0 bridgehead atoms. The van der Waals surface area contributed by atoms with Gasteiger partial charge in [-0.05, 0) is 37.6 Å². The highest BCUT2D eigenvalue weighted by Gasteiger charge is 2.00. The van der Waals surface area contributed by atoms with Crippen LogP contribution in [0.5, 0.6) is 0 Å². The van der Waals surface area contributed by atoms with Crippen molar-refractivity contribution in [3.8, 4) is 0 Å². The summed E-state index contributed by atoms with van der Waals surface area (Å²) in [5.41, 5.74) is 0.929. The topological polar surface area (TPSA) is 12.0 Å². The number of hydrogen-bond acceptors (Lipinski definition) is 1. The lowest BCUT2D eigenvalue weighted by Gasteiger charge is -2.05. The van der Waals surface area contributed by atoms with Crippen molar-refractivity contribution >= 4 is 11.6 Å². The Bertz CT molecular complexity index is 336. The predicted molar refractivity (Wildman–Crippen MR) is 62.5 cm³/mol. The summed E-state index contributed by atoms with van der Waals surface area (Å²) in [4.78, 5) is 0. The normalized spacial score (nSPS) is 11.1. The van der Waals surface area contributed by atoms with Crippen LogP contribution in [0.4, 0.5) is 4.39 Å². The maximum atomic E-state index is 12.7. The molecule has 0 aromatic heterocycles. The molecular weight excluding hydrogens is 213 g/mol. The van der Waals surface area contributed by atoms with Crippen LogP contribution in [0.2, 0.25) is 5.02 Å². The van der Waals surface area contributed by atoms with Crippen molar-refractivity contribution in [1.29, 1.82) is 0 Å². The zero-order chi connectivity index (χ0) is 11.1. The molecule has 3 heteroatoms. The zero-order valence-corrected chi connectivity index (χ0v) is 9.52. The summed E-state index contributed by atoms with van der Waals surface area (Å²) in [5, 5.41) is 3.72. The molecular formula is C12H15ClFN. The van der Waals surface area contributed by atoms with Crippen molar-refractivity contribution in [1.82, 2.24) is 5.32 Å². The van der Waals surface area contributed by atoms with Gasteiger partial charge < -0.3 is 5.32 Å². The first kappa shape index (κ1) is 12.2. The van der Waals surface area contributed by atoms with E-state index >= 15 is 0 Å². The molecule has 0 aliphatic rings. The van der Waals surface area contributed by atoms with Gasteiger partial charge in [-0.3, -0.25) is 0 Å². The third-order valence-corrected chi connectivity index (χ3v) is 2.41. The molecule has 1 aromatic carbocycles. The predicted octanol–water partition coefficient (Wildman–Crippen LogP) is 3.53. The SMILES string of the molecule is C/C=C/CCNCc1ccc(F)cc1Cl. The van der Waals surface area contributed by atoms with Crippen LogP contribution >= 0.6 is 11.6 Å². The van der Waals surface area contributed by atoms with Gasteiger partial charge in [-0.15, -0.1) is 0 Å². The highest BCUT2D eigenvalue weighted by Crippen LogP contribution is 2.16. The Morgan fingerprint density at radius 1 is 1.47 bits per heavy atom. The number of rotatable bonds is 5. The number of allylic oxidation sites excluding steroid dienone is 1. The van der Waals surface area contributed by atoms with E-state index in [1.54, 1.807) is 6.07 Å². The minimum absolute atomic E-state index is 0.294. The van der Waals surface area contributed by atoms with Crippen molar-refractivity contribution in [2.45, 2.75) is 19.9 Å². The van der Waals surface area contributed by atoms with Crippen LogP contribution in [0.15, 0.2) is 30.4 Å². The molecule has 1 aromatic rings. The number of benzene rings is 1. The van der Waals surface area contributed by atoms with Gasteiger partial charge in [0.25, 0.3) is 0 Å². The van der Waals surface area contributed by atoms with Gasteiger partial charge in [0.15, 0.2) is 0 Å². The third-order valence-electron chi connectivity index (χ3n) is 2.05. The summed E-state index contributed by atoms with van der Waals surface area (Å²) in [6.45, 7) is 3.57. The zero-order valence-electron chi connectivity index (χ0n) is 8.76. The van der Waals surface area contributed by atoms with Crippen LogP contribution in [0.1, 0.15) is 18.9 Å². The maximum Gasteiger partial charge on any atom is 0.124 e. The molecule has 1 N–H and O–H groups in total. The number of nitrogens with one attached hydrogen (secondary N) is 1. The molecule has 0 aliphatic carbocycles. The first-order valence-corrected chi connectivity index (χ1v) is 5.37. The van der Waals surface area contributed by atoms with E-state index in [0.29, 0.717) is 11.6 Å². The van der Waals surface area contributed by atoms with Gasteiger partial charge in [0.05, 0.1) is 0 Å². The van der Waals surface area contributed by atoms with E-state index in [1.807, 2.05) is 13.0 Å². The van der Waals surface area contributed by atoms with Crippen LogP contribution in [-0.4, -0.2) is 6.54 Å². The molecule has 82 valence electrons. The Hall–Kier alpha value is -0.860. The van der Waals surface area contributed by atoms with Gasteiger partial charge in [-0.1, -0.05) is 29.8 Å². The van der Waals surface area contributed by atoms with E-state index < -0.39 is 0 Å². The molecule has 0 radical (unpaired) electrons. The van der Waals surface area contributed by atoms with Gasteiger partial charge in [0.2, 0.25) is 0 Å². The fourth-order valence-electron chi connectivity index (χ4n) is 1.24. The van der Waals surface area contributed by atoms with Crippen LogP contribution in [-0.2, 0) is 6.54 Å². The molecule has 0 aliphatic heterocycles. The van der Waals surface area contributed by atoms with Gasteiger partial charge in [0, 0.05) is 11.6 Å². The number of hydrogen-bond donors (Lipinski definition) is 1. The highest BCUT2D eigenvalue weighted by atomic mass is 35.5. The molecule has 1 rings (SSSR count). The standard InChI is InChI=1S/C12H15ClFN/c1-2-3-4-7-15-9-10-5-6-11(14)8-12(10)13/h2-3,5-6,8,15H,4,7,9H2,1H3/b3-2+. The monoisotopic (exact) mass is 227 g/mol.